The molecule has 0 saturated carbocycles. The summed E-state index contributed by atoms with van der Waals surface area (Å²) < 4.78 is 19.6. The Morgan fingerprint density at radius 3 is 2.31 bits per heavy atom. The first-order chi connectivity index (χ1) is 12.4. The Kier molecular flexibility index (Phi) is 4.58. The van der Waals surface area contributed by atoms with Crippen LogP contribution in [-0.4, -0.2) is 40.4 Å². The Morgan fingerprint density at radius 1 is 1.08 bits per heavy atom. The first kappa shape index (κ1) is 17.8. The van der Waals surface area contributed by atoms with Crippen LogP contribution in [0.5, 0.6) is 17.2 Å². The fourth-order valence-electron chi connectivity index (χ4n) is 2.96. The molecule has 2 heterocycles. The molecule has 0 saturated heterocycles. The van der Waals surface area contributed by atoms with Gasteiger partial charge in [0.1, 0.15) is 11.3 Å². The smallest absolute Gasteiger partial charge is 0.261 e. The molecule has 0 amide bonds. The summed E-state index contributed by atoms with van der Waals surface area (Å²) in [6, 6.07) is 1.62. The van der Waals surface area contributed by atoms with Crippen molar-refractivity contribution in [2.24, 2.45) is 7.05 Å². The van der Waals surface area contributed by atoms with Crippen LogP contribution in [0, 0.1) is 13.8 Å². The van der Waals surface area contributed by atoms with Crippen molar-refractivity contribution in [2.45, 2.75) is 20.4 Å². The quantitative estimate of drug-likeness (QED) is 0.692. The van der Waals surface area contributed by atoms with E-state index >= 15 is 0 Å². The van der Waals surface area contributed by atoms with Crippen LogP contribution in [0.1, 0.15) is 17.2 Å². The van der Waals surface area contributed by atoms with E-state index in [0.29, 0.717) is 34.7 Å². The largest absolute Gasteiger partial charge is 0.493 e. The van der Waals surface area contributed by atoms with E-state index < -0.39 is 0 Å². The van der Waals surface area contributed by atoms with Gasteiger partial charge < -0.3 is 18.8 Å². The minimum absolute atomic E-state index is 0.201. The standard InChI is InChI=1S/C18H22N4O4/c1-10-11(2)21(3)14(20-10)8-22-9-19-15-12(18(22)23)7-13(24-4)16(25-5)17(15)26-6/h7,9H,8H2,1-6H3. The Morgan fingerprint density at radius 2 is 1.77 bits per heavy atom. The van der Waals surface area contributed by atoms with Crippen molar-refractivity contribution >= 4 is 10.9 Å². The van der Waals surface area contributed by atoms with E-state index in [0.717, 1.165) is 17.2 Å². The second-order valence-electron chi connectivity index (χ2n) is 5.98. The van der Waals surface area contributed by atoms with Crippen molar-refractivity contribution in [1.29, 1.82) is 0 Å². The topological polar surface area (TPSA) is 80.4 Å². The van der Waals surface area contributed by atoms with Crippen molar-refractivity contribution < 1.29 is 14.2 Å². The Labute approximate surface area is 151 Å². The van der Waals surface area contributed by atoms with Gasteiger partial charge in [0.05, 0.1) is 45.3 Å². The van der Waals surface area contributed by atoms with E-state index in [-0.39, 0.29) is 5.56 Å². The first-order valence-electron chi connectivity index (χ1n) is 8.09. The van der Waals surface area contributed by atoms with Crippen LogP contribution in [0.2, 0.25) is 0 Å². The van der Waals surface area contributed by atoms with Crippen molar-refractivity contribution in [3.05, 3.63) is 40.0 Å². The van der Waals surface area contributed by atoms with E-state index in [1.54, 1.807) is 6.07 Å². The van der Waals surface area contributed by atoms with Gasteiger partial charge in [0.2, 0.25) is 5.75 Å². The van der Waals surface area contributed by atoms with E-state index in [1.165, 1.54) is 32.2 Å². The summed E-state index contributed by atoms with van der Waals surface area (Å²) in [5.41, 5.74) is 2.23. The summed E-state index contributed by atoms with van der Waals surface area (Å²) in [6.45, 7) is 4.27. The molecular weight excluding hydrogens is 336 g/mol. The highest BCUT2D eigenvalue weighted by Gasteiger charge is 2.20. The molecule has 8 heteroatoms. The van der Waals surface area contributed by atoms with Crippen molar-refractivity contribution in [3.8, 4) is 17.2 Å². The number of hydrogen-bond donors (Lipinski definition) is 0. The zero-order valence-corrected chi connectivity index (χ0v) is 15.8. The van der Waals surface area contributed by atoms with E-state index in [9.17, 15) is 4.79 Å². The molecule has 0 fully saturated rings. The van der Waals surface area contributed by atoms with Crippen molar-refractivity contribution in [2.75, 3.05) is 21.3 Å². The minimum atomic E-state index is -0.201. The molecule has 0 aliphatic heterocycles. The third kappa shape index (κ3) is 2.67. The number of methoxy groups -OCH3 is 3. The molecular formula is C18H22N4O4. The van der Waals surface area contributed by atoms with Crippen LogP contribution >= 0.6 is 0 Å². The Bertz CT molecular complexity index is 1040. The zero-order chi connectivity index (χ0) is 19.0. The van der Waals surface area contributed by atoms with Gasteiger partial charge in [-0.3, -0.25) is 9.36 Å². The number of nitrogens with zero attached hydrogens (tertiary/aromatic N) is 4. The van der Waals surface area contributed by atoms with Gasteiger partial charge in [-0.25, -0.2) is 9.97 Å². The predicted molar refractivity (Wildman–Crippen MR) is 97.4 cm³/mol. The van der Waals surface area contributed by atoms with Gasteiger partial charge >= 0.3 is 0 Å². The molecule has 3 rings (SSSR count). The molecule has 0 atom stereocenters. The molecule has 0 radical (unpaired) electrons. The second-order valence-corrected chi connectivity index (χ2v) is 5.98. The lowest BCUT2D eigenvalue weighted by Gasteiger charge is -2.15. The molecule has 0 N–H and O–H groups in total. The van der Waals surface area contributed by atoms with Gasteiger partial charge in [-0.15, -0.1) is 0 Å². The number of hydrogen-bond acceptors (Lipinski definition) is 6. The SMILES string of the molecule is COc1cc2c(=O)n(Cc3nc(C)c(C)n3C)cnc2c(OC)c1OC. The van der Waals surface area contributed by atoms with Gasteiger partial charge in [0.15, 0.2) is 11.5 Å². The maximum Gasteiger partial charge on any atom is 0.261 e. The third-order valence-corrected chi connectivity index (χ3v) is 4.64. The van der Waals surface area contributed by atoms with Crippen molar-refractivity contribution in [3.63, 3.8) is 0 Å². The Balaban J connectivity index is 2.19. The summed E-state index contributed by atoms with van der Waals surface area (Å²) in [5, 5.41) is 0.393. The van der Waals surface area contributed by atoms with Gasteiger partial charge in [-0.05, 0) is 19.9 Å². The van der Waals surface area contributed by atoms with Crippen LogP contribution in [-0.2, 0) is 13.6 Å². The normalized spacial score (nSPS) is 11.0. The molecule has 0 aliphatic rings. The first-order valence-corrected chi connectivity index (χ1v) is 8.09. The predicted octanol–water partition coefficient (Wildman–Crippen LogP) is 1.82. The minimum Gasteiger partial charge on any atom is -0.493 e. The lowest BCUT2D eigenvalue weighted by molar-refractivity contribution is 0.326. The highest BCUT2D eigenvalue weighted by molar-refractivity contribution is 5.89. The third-order valence-electron chi connectivity index (χ3n) is 4.64. The molecule has 0 aliphatic carbocycles. The average molecular weight is 358 g/mol. The van der Waals surface area contributed by atoms with E-state index in [4.69, 9.17) is 14.2 Å². The summed E-state index contributed by atoms with van der Waals surface area (Å²) in [6.07, 6.45) is 1.50. The number of ether oxygens (including phenoxy) is 3. The number of rotatable bonds is 5. The number of fused-ring (bicyclic) bond motifs is 1. The number of benzene rings is 1. The maximum atomic E-state index is 13.0. The van der Waals surface area contributed by atoms with Gasteiger partial charge in [-0.2, -0.15) is 0 Å². The summed E-state index contributed by atoms with van der Waals surface area (Å²) in [5.74, 6) is 1.98. The van der Waals surface area contributed by atoms with Gasteiger partial charge in [0.25, 0.3) is 5.56 Å². The number of imidazole rings is 1. The molecule has 26 heavy (non-hydrogen) atoms. The van der Waals surface area contributed by atoms with Crippen LogP contribution in [0.3, 0.4) is 0 Å². The van der Waals surface area contributed by atoms with Gasteiger partial charge in [0, 0.05) is 12.7 Å². The second kappa shape index (κ2) is 6.70. The fraction of sp³-hybridized carbons (Fsp3) is 0.389. The molecule has 0 bridgehead atoms. The number of aryl methyl sites for hydroxylation is 1. The average Bonchev–Trinajstić information content (AvgIpc) is 2.89. The molecule has 0 spiro atoms. The molecule has 138 valence electrons. The van der Waals surface area contributed by atoms with E-state index in [2.05, 4.69) is 9.97 Å². The fourth-order valence-corrected chi connectivity index (χ4v) is 2.96. The maximum absolute atomic E-state index is 13.0. The van der Waals surface area contributed by atoms with Crippen LogP contribution < -0.4 is 19.8 Å². The summed E-state index contributed by atoms with van der Waals surface area (Å²) in [4.78, 5) is 22.0. The highest BCUT2D eigenvalue weighted by atomic mass is 16.5. The molecule has 0 unspecified atom stereocenters. The van der Waals surface area contributed by atoms with Crippen LogP contribution in [0.15, 0.2) is 17.2 Å². The monoisotopic (exact) mass is 358 g/mol. The molecule has 8 nitrogen and oxygen atoms in total. The van der Waals surface area contributed by atoms with Crippen molar-refractivity contribution in [1.82, 2.24) is 19.1 Å². The Hall–Kier alpha value is -3.03. The van der Waals surface area contributed by atoms with E-state index in [1.807, 2.05) is 25.5 Å². The molecule has 3 aromatic rings. The highest BCUT2D eigenvalue weighted by Crippen LogP contribution is 2.41. The van der Waals surface area contributed by atoms with Crippen LogP contribution in [0.4, 0.5) is 0 Å². The van der Waals surface area contributed by atoms with Gasteiger partial charge in [-0.1, -0.05) is 0 Å². The zero-order valence-electron chi connectivity index (χ0n) is 15.8. The summed E-state index contributed by atoms with van der Waals surface area (Å²) in [7, 11) is 6.46. The molecule has 1 aromatic carbocycles. The lowest BCUT2D eigenvalue weighted by Crippen LogP contribution is -2.23. The summed E-state index contributed by atoms with van der Waals surface area (Å²) >= 11 is 0. The van der Waals surface area contributed by atoms with Crippen LogP contribution in [0.25, 0.3) is 10.9 Å². The molecule has 2 aromatic heterocycles. The number of aromatic nitrogens is 4. The lowest BCUT2D eigenvalue weighted by atomic mass is 10.2.